The summed E-state index contributed by atoms with van der Waals surface area (Å²) in [4.78, 5) is 0. The van der Waals surface area contributed by atoms with Crippen LogP contribution in [-0.4, -0.2) is 0 Å². The Morgan fingerprint density at radius 3 is 2.81 bits per heavy atom. The van der Waals surface area contributed by atoms with Crippen LogP contribution in [0.1, 0.15) is 72.1 Å². The predicted octanol–water partition coefficient (Wildman–Crippen LogP) is 6.61. The molecule has 0 amide bonds. The Hall–Kier alpha value is -1.00. The average Bonchev–Trinajstić information content (AvgIpc) is 2.66. The Morgan fingerprint density at radius 1 is 1.14 bits per heavy atom. The molecule has 2 rings (SSSR count). The van der Waals surface area contributed by atoms with Crippen LogP contribution in [0.5, 0.6) is 0 Å². The van der Waals surface area contributed by atoms with Gasteiger partial charge in [0, 0.05) is 0 Å². The normalized spacial score (nSPS) is 30.1. The van der Waals surface area contributed by atoms with Gasteiger partial charge in [0.2, 0.25) is 0 Å². The van der Waals surface area contributed by atoms with Gasteiger partial charge in [-0.3, -0.25) is 0 Å². The molecule has 3 unspecified atom stereocenters. The van der Waals surface area contributed by atoms with Crippen LogP contribution in [0.4, 0.5) is 0 Å². The van der Waals surface area contributed by atoms with Crippen molar-refractivity contribution in [2.24, 2.45) is 17.8 Å². The fraction of sp³-hybridized carbons (Fsp3) is 0.667. The molecular formula is C21H32. The van der Waals surface area contributed by atoms with E-state index in [4.69, 9.17) is 0 Å². The highest BCUT2D eigenvalue weighted by Gasteiger charge is 2.23. The van der Waals surface area contributed by atoms with E-state index in [1.807, 2.05) is 0 Å². The molecule has 1 fully saturated rings. The Balaban J connectivity index is 1.97. The van der Waals surface area contributed by atoms with E-state index in [9.17, 15) is 0 Å². The van der Waals surface area contributed by atoms with Crippen LogP contribution in [0, 0.1) is 17.8 Å². The third kappa shape index (κ3) is 5.36. The first kappa shape index (κ1) is 16.4. The third-order valence-electron chi connectivity index (χ3n) is 5.36. The molecule has 116 valence electrons. The molecule has 0 saturated heterocycles. The maximum atomic E-state index is 3.48. The fourth-order valence-electron chi connectivity index (χ4n) is 3.87. The lowest BCUT2D eigenvalue weighted by Crippen LogP contribution is -2.18. The van der Waals surface area contributed by atoms with E-state index in [2.05, 4.69) is 50.8 Å². The topological polar surface area (TPSA) is 0 Å². The van der Waals surface area contributed by atoms with E-state index in [0.717, 1.165) is 17.8 Å². The van der Waals surface area contributed by atoms with Gasteiger partial charge in [-0.25, -0.2) is 0 Å². The summed E-state index contributed by atoms with van der Waals surface area (Å²) < 4.78 is 0. The van der Waals surface area contributed by atoms with Crippen molar-refractivity contribution < 1.29 is 0 Å². The molecule has 0 spiro atoms. The zero-order valence-electron chi connectivity index (χ0n) is 14.2. The minimum absolute atomic E-state index is 0.851. The molecule has 0 aromatic rings. The van der Waals surface area contributed by atoms with Crippen molar-refractivity contribution in [3.63, 3.8) is 0 Å². The smallest absolute Gasteiger partial charge is 0.00574 e. The molecule has 3 atom stereocenters. The maximum absolute atomic E-state index is 3.48. The van der Waals surface area contributed by atoms with Crippen molar-refractivity contribution in [1.82, 2.24) is 0 Å². The summed E-state index contributed by atoms with van der Waals surface area (Å²) >= 11 is 0. The minimum atomic E-state index is 0.851. The molecule has 0 heterocycles. The SMILES string of the molecule is CCCC1CCCC(C)C(CC2=C=CC=C(C)C=C2)CC1. The van der Waals surface area contributed by atoms with Crippen molar-refractivity contribution in [2.45, 2.75) is 72.1 Å². The van der Waals surface area contributed by atoms with Gasteiger partial charge in [0.05, 0.1) is 0 Å². The summed E-state index contributed by atoms with van der Waals surface area (Å²) in [5.41, 5.74) is 6.20. The molecule has 2 aliphatic rings. The highest BCUT2D eigenvalue weighted by atomic mass is 14.3. The molecule has 0 heteroatoms. The lowest BCUT2D eigenvalue weighted by molar-refractivity contribution is 0.236. The molecule has 1 saturated carbocycles. The lowest BCUT2D eigenvalue weighted by Gasteiger charge is -2.30. The zero-order chi connectivity index (χ0) is 15.1. The van der Waals surface area contributed by atoms with E-state index < -0.39 is 0 Å². The molecule has 0 bridgehead atoms. The Labute approximate surface area is 131 Å². The van der Waals surface area contributed by atoms with Gasteiger partial charge in [-0.15, -0.1) is 5.73 Å². The highest BCUT2D eigenvalue weighted by molar-refractivity contribution is 5.33. The van der Waals surface area contributed by atoms with Gasteiger partial charge < -0.3 is 0 Å². The largest absolute Gasteiger partial charge is 0.117 e. The molecule has 0 nitrogen and oxygen atoms in total. The monoisotopic (exact) mass is 284 g/mol. The Morgan fingerprint density at radius 2 is 2.00 bits per heavy atom. The van der Waals surface area contributed by atoms with Crippen molar-refractivity contribution in [2.75, 3.05) is 0 Å². The van der Waals surface area contributed by atoms with Gasteiger partial charge in [0.25, 0.3) is 0 Å². The van der Waals surface area contributed by atoms with E-state index >= 15 is 0 Å². The first-order valence-corrected chi connectivity index (χ1v) is 8.99. The standard InChI is InChI=1S/C21H32/c1-4-7-19-10-6-9-18(3)21(15-14-19)16-20-11-5-8-17(2)12-13-20/h5,8,12-13,18-19,21H,4,6-7,9-10,14-16H2,1-3H3. The first-order chi connectivity index (χ1) is 10.2. The minimum Gasteiger partial charge on any atom is -0.117 e. The van der Waals surface area contributed by atoms with Gasteiger partial charge in [0.1, 0.15) is 0 Å². The summed E-state index contributed by atoms with van der Waals surface area (Å²) in [5, 5.41) is 0. The molecule has 0 aromatic carbocycles. The number of hydrogen-bond acceptors (Lipinski definition) is 0. The zero-order valence-corrected chi connectivity index (χ0v) is 14.2. The quantitative estimate of drug-likeness (QED) is 0.510. The molecular weight excluding hydrogens is 252 g/mol. The van der Waals surface area contributed by atoms with Crippen LogP contribution < -0.4 is 0 Å². The number of allylic oxidation sites excluding steroid dienone is 5. The Kier molecular flexibility index (Phi) is 6.58. The Bertz CT molecular complexity index is 443. The van der Waals surface area contributed by atoms with Crippen LogP contribution in [0.25, 0.3) is 0 Å². The lowest BCUT2D eigenvalue weighted by atomic mass is 9.76. The second-order valence-corrected chi connectivity index (χ2v) is 7.18. The summed E-state index contributed by atoms with van der Waals surface area (Å²) in [6.07, 6.45) is 20.0. The van der Waals surface area contributed by atoms with Gasteiger partial charge in [-0.1, -0.05) is 76.2 Å². The van der Waals surface area contributed by atoms with E-state index in [-0.39, 0.29) is 0 Å². The number of hydrogen-bond donors (Lipinski definition) is 0. The van der Waals surface area contributed by atoms with Crippen LogP contribution in [-0.2, 0) is 0 Å². The van der Waals surface area contributed by atoms with Crippen LogP contribution in [0.15, 0.2) is 41.2 Å². The predicted molar refractivity (Wildman–Crippen MR) is 93.2 cm³/mol. The van der Waals surface area contributed by atoms with Gasteiger partial charge in [-0.05, 0) is 49.2 Å². The second kappa shape index (κ2) is 8.44. The number of rotatable bonds is 4. The highest BCUT2D eigenvalue weighted by Crippen LogP contribution is 2.35. The molecule has 21 heavy (non-hydrogen) atoms. The summed E-state index contributed by atoms with van der Waals surface area (Å²) in [6, 6.07) is 0. The third-order valence-corrected chi connectivity index (χ3v) is 5.36. The van der Waals surface area contributed by atoms with Crippen molar-refractivity contribution >= 4 is 0 Å². The van der Waals surface area contributed by atoms with Crippen molar-refractivity contribution in [1.29, 1.82) is 0 Å². The van der Waals surface area contributed by atoms with Crippen molar-refractivity contribution in [3.05, 3.63) is 41.2 Å². The van der Waals surface area contributed by atoms with Crippen LogP contribution in [0.3, 0.4) is 0 Å². The average molecular weight is 284 g/mol. The van der Waals surface area contributed by atoms with E-state index in [0.29, 0.717) is 0 Å². The van der Waals surface area contributed by atoms with Crippen LogP contribution in [0.2, 0.25) is 0 Å². The first-order valence-electron chi connectivity index (χ1n) is 8.99. The molecule has 0 aromatic heterocycles. The second-order valence-electron chi connectivity index (χ2n) is 7.18. The molecule has 0 aliphatic heterocycles. The molecule has 0 radical (unpaired) electrons. The maximum Gasteiger partial charge on any atom is -0.00574 e. The summed E-state index contributed by atoms with van der Waals surface area (Å²) in [5.74, 6) is 2.71. The van der Waals surface area contributed by atoms with Crippen molar-refractivity contribution in [3.8, 4) is 0 Å². The summed E-state index contributed by atoms with van der Waals surface area (Å²) in [7, 11) is 0. The van der Waals surface area contributed by atoms with Gasteiger partial charge in [-0.2, -0.15) is 0 Å². The van der Waals surface area contributed by atoms with Crippen LogP contribution >= 0.6 is 0 Å². The molecule has 0 N–H and O–H groups in total. The fourth-order valence-corrected chi connectivity index (χ4v) is 3.87. The summed E-state index contributed by atoms with van der Waals surface area (Å²) in [6.45, 7) is 6.96. The van der Waals surface area contributed by atoms with Gasteiger partial charge in [0.15, 0.2) is 0 Å². The molecule has 2 aliphatic carbocycles. The van der Waals surface area contributed by atoms with E-state index in [1.54, 1.807) is 0 Å². The van der Waals surface area contributed by atoms with Gasteiger partial charge >= 0.3 is 0 Å². The van der Waals surface area contributed by atoms with E-state index in [1.165, 1.54) is 62.5 Å².